The van der Waals surface area contributed by atoms with Crippen molar-refractivity contribution in [1.29, 1.82) is 0 Å². The Morgan fingerprint density at radius 2 is 1.23 bits per heavy atom. The summed E-state index contributed by atoms with van der Waals surface area (Å²) >= 11 is 0. The van der Waals surface area contributed by atoms with Crippen LogP contribution in [0.15, 0.2) is 0 Å². The zero-order chi connectivity index (χ0) is 17.1. The molecule has 0 saturated heterocycles. The maximum absolute atomic E-state index is 11.6. The molecular formula is C17H40O3P2. The third kappa shape index (κ3) is 10.4. The standard InChI is InChI=1S/C17H40O3P2/c1-5-7-8-9-10-11-12-13-14-15-16-21(3,4)17(6-2)22(18,19)20/h17,21H,5-16H2,1-4H3,(H2,18,19,20). The molecule has 22 heavy (non-hydrogen) atoms. The summed E-state index contributed by atoms with van der Waals surface area (Å²) in [6, 6.07) is 0. The summed E-state index contributed by atoms with van der Waals surface area (Å²) in [5.41, 5.74) is 0. The van der Waals surface area contributed by atoms with Gasteiger partial charge in [0.2, 0.25) is 0 Å². The predicted molar refractivity (Wildman–Crippen MR) is 103 cm³/mol. The summed E-state index contributed by atoms with van der Waals surface area (Å²) in [7, 11) is -5.74. The van der Waals surface area contributed by atoms with Gasteiger partial charge in [-0.25, -0.2) is 0 Å². The summed E-state index contributed by atoms with van der Waals surface area (Å²) in [6.07, 6.45) is 14.8. The first kappa shape index (κ1) is 22.6. The fourth-order valence-electron chi connectivity index (χ4n) is 3.48. The predicted octanol–water partition coefficient (Wildman–Crippen LogP) is 5.83. The summed E-state index contributed by atoms with van der Waals surface area (Å²) < 4.78 is 11.6. The molecule has 0 aliphatic heterocycles. The summed E-state index contributed by atoms with van der Waals surface area (Å²) in [4.78, 5) is 19.0. The average Bonchev–Trinajstić information content (AvgIpc) is 2.39. The van der Waals surface area contributed by atoms with Crippen molar-refractivity contribution in [2.24, 2.45) is 0 Å². The summed E-state index contributed by atoms with van der Waals surface area (Å²) in [5, 5.41) is -0.362. The van der Waals surface area contributed by atoms with E-state index in [4.69, 9.17) is 0 Å². The van der Waals surface area contributed by atoms with Crippen LogP contribution in [0.4, 0.5) is 0 Å². The molecule has 0 spiro atoms. The topological polar surface area (TPSA) is 57.5 Å². The molecule has 0 bridgehead atoms. The maximum atomic E-state index is 11.6. The number of unbranched alkanes of at least 4 members (excludes halogenated alkanes) is 9. The van der Waals surface area contributed by atoms with Crippen molar-refractivity contribution in [3.63, 3.8) is 0 Å². The Morgan fingerprint density at radius 1 is 0.818 bits per heavy atom. The monoisotopic (exact) mass is 354 g/mol. The van der Waals surface area contributed by atoms with Crippen LogP contribution < -0.4 is 0 Å². The molecule has 0 amide bonds. The molecule has 0 aromatic rings. The molecule has 0 aliphatic rings. The van der Waals surface area contributed by atoms with Gasteiger partial charge in [0, 0.05) is 0 Å². The van der Waals surface area contributed by atoms with Crippen LogP contribution in [-0.2, 0) is 4.57 Å². The first-order valence-corrected chi connectivity index (χ1v) is 14.3. The van der Waals surface area contributed by atoms with E-state index < -0.39 is 14.9 Å². The van der Waals surface area contributed by atoms with Crippen LogP contribution >= 0.6 is 14.9 Å². The first-order valence-electron chi connectivity index (χ1n) is 9.31. The first-order chi connectivity index (χ1) is 10.3. The SMILES string of the molecule is CCCCCCCCCCCC[PH](C)(C)C(CC)P(=O)(O)O. The van der Waals surface area contributed by atoms with E-state index in [1.807, 2.05) is 6.92 Å². The second-order valence-electron chi connectivity index (χ2n) is 7.43. The van der Waals surface area contributed by atoms with Crippen molar-refractivity contribution < 1.29 is 14.4 Å². The molecule has 3 nitrogen and oxygen atoms in total. The Kier molecular flexibility index (Phi) is 12.3. The molecule has 0 aromatic heterocycles. The van der Waals surface area contributed by atoms with Gasteiger partial charge in [-0.15, -0.1) is 0 Å². The van der Waals surface area contributed by atoms with Gasteiger partial charge in [-0.2, -0.15) is 0 Å². The van der Waals surface area contributed by atoms with Crippen molar-refractivity contribution in [3.8, 4) is 0 Å². The molecule has 5 heteroatoms. The number of rotatable bonds is 14. The van der Waals surface area contributed by atoms with E-state index in [9.17, 15) is 14.4 Å². The molecule has 2 N–H and O–H groups in total. The second-order valence-corrected chi connectivity index (χ2v) is 14.9. The third-order valence-electron chi connectivity index (χ3n) is 4.87. The minimum absolute atomic E-state index is 0.362. The number of hydrogen-bond donors (Lipinski definition) is 2. The summed E-state index contributed by atoms with van der Waals surface area (Å²) in [5.74, 6) is 0. The fraction of sp³-hybridized carbons (Fsp3) is 1.00. The molecule has 0 radical (unpaired) electrons. The van der Waals surface area contributed by atoms with Crippen LogP contribution in [0.1, 0.15) is 84.5 Å². The Labute approximate surface area is 139 Å². The minimum atomic E-state index is -3.92. The van der Waals surface area contributed by atoms with Crippen LogP contribution in [0.2, 0.25) is 0 Å². The van der Waals surface area contributed by atoms with Crippen LogP contribution in [-0.4, -0.2) is 34.7 Å². The molecule has 0 fully saturated rings. The summed E-state index contributed by atoms with van der Waals surface area (Å²) in [6.45, 7) is 8.46. The quantitative estimate of drug-likeness (QED) is 0.305. The number of hydrogen-bond acceptors (Lipinski definition) is 1. The molecule has 0 aromatic carbocycles. The van der Waals surface area contributed by atoms with Gasteiger partial charge in [-0.1, -0.05) is 0 Å². The van der Waals surface area contributed by atoms with Gasteiger partial charge < -0.3 is 0 Å². The van der Waals surface area contributed by atoms with E-state index in [2.05, 4.69) is 20.3 Å². The van der Waals surface area contributed by atoms with E-state index in [-0.39, 0.29) is 5.40 Å². The molecule has 136 valence electrons. The van der Waals surface area contributed by atoms with Crippen molar-refractivity contribution in [1.82, 2.24) is 0 Å². The Bertz CT molecular complexity index is 313. The van der Waals surface area contributed by atoms with Crippen LogP contribution in [0.25, 0.3) is 0 Å². The van der Waals surface area contributed by atoms with Crippen molar-refractivity contribution in [2.45, 2.75) is 89.9 Å². The molecule has 0 aliphatic carbocycles. The van der Waals surface area contributed by atoms with Gasteiger partial charge in [0.1, 0.15) is 0 Å². The van der Waals surface area contributed by atoms with Crippen LogP contribution in [0.5, 0.6) is 0 Å². The van der Waals surface area contributed by atoms with Crippen LogP contribution in [0.3, 0.4) is 0 Å². The zero-order valence-electron chi connectivity index (χ0n) is 15.3. The Hall–Kier alpha value is 0.580. The van der Waals surface area contributed by atoms with Gasteiger partial charge in [0.05, 0.1) is 0 Å². The Morgan fingerprint density at radius 3 is 1.59 bits per heavy atom. The van der Waals surface area contributed by atoms with Crippen LogP contribution in [0, 0.1) is 0 Å². The zero-order valence-corrected chi connectivity index (χ0v) is 17.2. The van der Waals surface area contributed by atoms with E-state index in [1.165, 1.54) is 57.8 Å². The molecule has 1 unspecified atom stereocenters. The van der Waals surface area contributed by atoms with Gasteiger partial charge in [0.15, 0.2) is 0 Å². The van der Waals surface area contributed by atoms with E-state index in [0.717, 1.165) is 12.6 Å². The second kappa shape index (κ2) is 12.0. The molecular weight excluding hydrogens is 314 g/mol. The van der Waals surface area contributed by atoms with Crippen molar-refractivity contribution >= 4 is 14.9 Å². The average molecular weight is 354 g/mol. The normalized spacial score (nSPS) is 15.0. The van der Waals surface area contributed by atoms with Gasteiger partial charge >= 0.3 is 139 Å². The third-order valence-corrected chi connectivity index (χ3v) is 13.0. The molecule has 0 saturated carbocycles. The molecule has 1 atom stereocenters. The van der Waals surface area contributed by atoms with E-state index in [1.54, 1.807) is 0 Å². The van der Waals surface area contributed by atoms with Gasteiger partial charge in [-0.3, -0.25) is 0 Å². The molecule has 0 heterocycles. The van der Waals surface area contributed by atoms with Crippen molar-refractivity contribution in [3.05, 3.63) is 0 Å². The fourth-order valence-corrected chi connectivity index (χ4v) is 10.6. The Balaban J connectivity index is 3.75. The van der Waals surface area contributed by atoms with E-state index >= 15 is 0 Å². The van der Waals surface area contributed by atoms with E-state index in [0.29, 0.717) is 6.42 Å². The van der Waals surface area contributed by atoms with Gasteiger partial charge in [-0.05, 0) is 0 Å². The van der Waals surface area contributed by atoms with Gasteiger partial charge in [0.25, 0.3) is 0 Å². The van der Waals surface area contributed by atoms with Crippen molar-refractivity contribution in [2.75, 3.05) is 19.5 Å². The molecule has 0 rings (SSSR count).